The summed E-state index contributed by atoms with van der Waals surface area (Å²) < 4.78 is 1.61. The quantitative estimate of drug-likeness (QED) is 0.335. The first-order valence-electron chi connectivity index (χ1n) is 16.0. The van der Waals surface area contributed by atoms with Gasteiger partial charge in [0.15, 0.2) is 0 Å². The van der Waals surface area contributed by atoms with E-state index in [0.29, 0.717) is 45.1 Å². The van der Waals surface area contributed by atoms with Crippen molar-refractivity contribution in [1.29, 1.82) is 0 Å². The molecule has 1 aromatic carbocycles. The van der Waals surface area contributed by atoms with E-state index in [1.807, 2.05) is 45.0 Å². The highest BCUT2D eigenvalue weighted by atomic mass is 16.6. The van der Waals surface area contributed by atoms with Crippen LogP contribution in [0.2, 0.25) is 0 Å². The molecule has 44 heavy (non-hydrogen) atoms. The number of Topliss-reactive ketones (excluding diaryl/α,β-unsaturated/α-hetero) is 1. The van der Waals surface area contributed by atoms with Crippen molar-refractivity contribution < 1.29 is 28.8 Å². The summed E-state index contributed by atoms with van der Waals surface area (Å²) in [4.78, 5) is 74.1. The summed E-state index contributed by atoms with van der Waals surface area (Å²) in [7, 11) is 1.55. The van der Waals surface area contributed by atoms with Crippen molar-refractivity contribution in [3.63, 3.8) is 0 Å². The number of nitrogens with zero attached hydrogens (tertiary/aromatic N) is 2. The molecule has 1 aromatic heterocycles. The molecule has 240 valence electrons. The highest BCUT2D eigenvalue weighted by Crippen LogP contribution is 2.24. The third-order valence-electron chi connectivity index (χ3n) is 8.81. The van der Waals surface area contributed by atoms with Crippen molar-refractivity contribution in [2.75, 3.05) is 13.7 Å². The van der Waals surface area contributed by atoms with Crippen LogP contribution >= 0.6 is 0 Å². The molecule has 0 bridgehead atoms. The topological polar surface area (TPSA) is 139 Å². The number of hydrogen-bond acceptors (Lipinski definition) is 6. The standard InChI is InChI=1S/C33H47N5O6/c1-5-23(39)13-7-6-8-15-25-30(40)35-26(19-22-20-38(44-4)27-16-10-9-14-24(22)27)31(41)36-29(21(2)3)33(43)37-18-12-11-17-28(37)32(42)34-25/h9-10,14,16,20-21,25-26,28-29H,5-8,11-13,15,17-19H2,1-4H3,(H,34,42)(H,35,40)(H,36,41)/t25-,26-,28+,29-/m0/s1. The number of piperidine rings is 1. The summed E-state index contributed by atoms with van der Waals surface area (Å²) >= 11 is 0. The number of nitrogens with one attached hydrogen (secondary N) is 3. The summed E-state index contributed by atoms with van der Waals surface area (Å²) in [5.74, 6) is -1.59. The molecule has 2 aliphatic heterocycles. The van der Waals surface area contributed by atoms with Gasteiger partial charge in [-0.1, -0.05) is 51.8 Å². The lowest BCUT2D eigenvalue weighted by atomic mass is 9.95. The Bertz CT molecular complexity index is 1350. The van der Waals surface area contributed by atoms with Gasteiger partial charge in [-0.3, -0.25) is 24.0 Å². The third-order valence-corrected chi connectivity index (χ3v) is 8.81. The average molecular weight is 610 g/mol. The summed E-state index contributed by atoms with van der Waals surface area (Å²) in [5, 5.41) is 9.66. The van der Waals surface area contributed by atoms with Crippen molar-refractivity contribution in [3.05, 3.63) is 36.0 Å². The maximum atomic E-state index is 13.9. The third kappa shape index (κ3) is 7.78. The van der Waals surface area contributed by atoms with Gasteiger partial charge in [0.25, 0.3) is 0 Å². The summed E-state index contributed by atoms with van der Waals surface area (Å²) in [6.07, 6.45) is 7.41. The zero-order valence-electron chi connectivity index (χ0n) is 26.4. The Hall–Kier alpha value is -3.89. The Morgan fingerprint density at radius 3 is 2.41 bits per heavy atom. The van der Waals surface area contributed by atoms with Crippen molar-refractivity contribution in [2.24, 2.45) is 5.92 Å². The summed E-state index contributed by atoms with van der Waals surface area (Å²) in [6, 6.07) is 4.17. The van der Waals surface area contributed by atoms with Gasteiger partial charge in [-0.25, -0.2) is 0 Å². The van der Waals surface area contributed by atoms with Crippen LogP contribution in [0.5, 0.6) is 0 Å². The highest BCUT2D eigenvalue weighted by Gasteiger charge is 2.40. The van der Waals surface area contributed by atoms with E-state index in [1.165, 1.54) is 0 Å². The maximum absolute atomic E-state index is 13.9. The molecule has 2 aromatic rings. The molecule has 3 N–H and O–H groups in total. The van der Waals surface area contributed by atoms with E-state index in [2.05, 4.69) is 16.0 Å². The van der Waals surface area contributed by atoms with Crippen molar-refractivity contribution in [3.8, 4) is 0 Å². The number of aromatic nitrogens is 1. The van der Waals surface area contributed by atoms with Gasteiger partial charge in [0.1, 0.15) is 37.1 Å². The minimum Gasteiger partial charge on any atom is -0.417 e. The van der Waals surface area contributed by atoms with E-state index in [4.69, 9.17) is 4.84 Å². The lowest BCUT2D eigenvalue weighted by Crippen LogP contribution is -2.64. The number of fused-ring (bicyclic) bond motifs is 2. The summed E-state index contributed by atoms with van der Waals surface area (Å²) in [5.41, 5.74) is 1.61. The molecule has 0 saturated carbocycles. The number of carbonyl (C=O) groups is 5. The second-order valence-electron chi connectivity index (χ2n) is 12.3. The minimum atomic E-state index is -1.01. The predicted octanol–water partition coefficient (Wildman–Crippen LogP) is 2.68. The fourth-order valence-corrected chi connectivity index (χ4v) is 6.21. The number of hydrogen-bond donors (Lipinski definition) is 3. The van der Waals surface area contributed by atoms with Gasteiger partial charge in [0.2, 0.25) is 23.6 Å². The van der Waals surface area contributed by atoms with Crippen LogP contribution in [-0.2, 0) is 30.4 Å². The molecule has 11 nitrogen and oxygen atoms in total. The van der Waals surface area contributed by atoms with E-state index in [1.54, 1.807) is 22.9 Å². The number of ketones is 1. The molecule has 2 aliphatic rings. The number of amides is 4. The van der Waals surface area contributed by atoms with Crippen LogP contribution in [0.4, 0.5) is 0 Å². The van der Waals surface area contributed by atoms with Gasteiger partial charge in [-0.2, -0.15) is 4.73 Å². The van der Waals surface area contributed by atoms with E-state index in [-0.39, 0.29) is 29.9 Å². The molecule has 4 rings (SSSR count). The van der Waals surface area contributed by atoms with Gasteiger partial charge >= 0.3 is 0 Å². The fraction of sp³-hybridized carbons (Fsp3) is 0.606. The van der Waals surface area contributed by atoms with Crippen molar-refractivity contribution in [2.45, 2.75) is 109 Å². The number of rotatable bonds is 11. The SMILES string of the molecule is CCC(=O)CCCCC[C@@H]1NC(=O)[C@H]2CCCCN2C(=O)[C@H](C(C)C)NC(=O)[C@H](Cc2cn(OC)c3ccccc23)NC1=O. The molecule has 11 heteroatoms. The monoisotopic (exact) mass is 609 g/mol. The van der Waals surface area contributed by atoms with Crippen molar-refractivity contribution in [1.82, 2.24) is 25.6 Å². The Balaban J connectivity index is 1.65. The lowest BCUT2D eigenvalue weighted by Gasteiger charge is -2.39. The largest absolute Gasteiger partial charge is 0.417 e. The molecule has 2 saturated heterocycles. The van der Waals surface area contributed by atoms with Crippen LogP contribution in [0, 0.1) is 5.92 Å². The van der Waals surface area contributed by atoms with Gasteiger partial charge < -0.3 is 25.7 Å². The zero-order valence-corrected chi connectivity index (χ0v) is 26.4. The predicted molar refractivity (Wildman–Crippen MR) is 167 cm³/mol. The Morgan fingerprint density at radius 1 is 0.955 bits per heavy atom. The molecule has 3 heterocycles. The van der Waals surface area contributed by atoms with Crippen LogP contribution in [-0.4, -0.2) is 76.9 Å². The highest BCUT2D eigenvalue weighted by molar-refractivity contribution is 5.98. The molecule has 0 spiro atoms. The fourth-order valence-electron chi connectivity index (χ4n) is 6.21. The molecule has 0 radical (unpaired) electrons. The maximum Gasteiger partial charge on any atom is 0.246 e. The van der Waals surface area contributed by atoms with Crippen LogP contribution in [0.15, 0.2) is 30.5 Å². The number of unbranched alkanes of at least 4 members (excludes halogenated alkanes) is 2. The normalized spacial score (nSPS) is 23.3. The molecule has 0 aliphatic carbocycles. The van der Waals surface area contributed by atoms with Gasteiger partial charge in [0.05, 0.1) is 5.52 Å². The molecule has 4 amide bonds. The number of carbonyl (C=O) groups excluding carboxylic acids is 5. The minimum absolute atomic E-state index is 0.152. The second kappa shape index (κ2) is 15.2. The molecular formula is C33H47N5O6. The zero-order chi connectivity index (χ0) is 31.8. The first-order valence-corrected chi connectivity index (χ1v) is 16.0. The van der Waals surface area contributed by atoms with Crippen molar-refractivity contribution >= 4 is 40.3 Å². The van der Waals surface area contributed by atoms with Crippen LogP contribution in [0.1, 0.15) is 84.1 Å². The Labute approximate surface area is 259 Å². The van der Waals surface area contributed by atoms with E-state index in [9.17, 15) is 24.0 Å². The van der Waals surface area contributed by atoms with E-state index >= 15 is 0 Å². The van der Waals surface area contributed by atoms with Crippen LogP contribution in [0.3, 0.4) is 0 Å². The van der Waals surface area contributed by atoms with Gasteiger partial charge in [-0.05, 0) is 49.7 Å². The first kappa shape index (κ1) is 33.0. The molecule has 4 atom stereocenters. The number of benzene rings is 1. The first-order chi connectivity index (χ1) is 21.1. The van der Waals surface area contributed by atoms with E-state index < -0.39 is 36.0 Å². The van der Waals surface area contributed by atoms with E-state index in [0.717, 1.165) is 35.7 Å². The molecule has 0 unspecified atom stereocenters. The summed E-state index contributed by atoms with van der Waals surface area (Å²) in [6.45, 7) is 5.98. The second-order valence-corrected chi connectivity index (χ2v) is 12.3. The lowest BCUT2D eigenvalue weighted by molar-refractivity contribution is -0.147. The Kier molecular flexibility index (Phi) is 11.4. The van der Waals surface area contributed by atoms with Crippen LogP contribution in [0.25, 0.3) is 10.9 Å². The molecule has 2 fully saturated rings. The Morgan fingerprint density at radius 2 is 1.68 bits per heavy atom. The van der Waals surface area contributed by atoms with Gasteiger partial charge in [0, 0.05) is 37.4 Å². The van der Waals surface area contributed by atoms with Gasteiger partial charge in [-0.15, -0.1) is 0 Å². The van der Waals surface area contributed by atoms with Crippen LogP contribution < -0.4 is 20.8 Å². The smallest absolute Gasteiger partial charge is 0.246 e. The number of para-hydroxylation sites is 1. The molecular weight excluding hydrogens is 562 g/mol. The average Bonchev–Trinajstić information content (AvgIpc) is 3.38.